The first-order valence-electron chi connectivity index (χ1n) is 7.31. The van der Waals surface area contributed by atoms with E-state index in [4.69, 9.17) is 10.5 Å². The second kappa shape index (κ2) is 6.26. The minimum absolute atomic E-state index is 0.164. The molecule has 1 aliphatic heterocycles. The summed E-state index contributed by atoms with van der Waals surface area (Å²) in [5, 5.41) is 9.22. The fourth-order valence-corrected chi connectivity index (χ4v) is 2.68. The molecule has 3 N–H and O–H groups in total. The molecule has 1 atom stereocenters. The first-order valence-corrected chi connectivity index (χ1v) is 7.31. The van der Waals surface area contributed by atoms with Gasteiger partial charge >= 0.3 is 0 Å². The number of nitrogens with zero attached hydrogens (tertiary/aromatic N) is 1. The van der Waals surface area contributed by atoms with Crippen LogP contribution in [0.4, 0.5) is 15.8 Å². The SMILES string of the molecule is Nc1ccc2c(c1)OC(Cc1cccc(F)c1)C(=O)N2CCO. The highest BCUT2D eigenvalue weighted by Crippen LogP contribution is 2.36. The van der Waals surface area contributed by atoms with E-state index in [9.17, 15) is 14.3 Å². The van der Waals surface area contributed by atoms with Gasteiger partial charge in [0.25, 0.3) is 5.91 Å². The van der Waals surface area contributed by atoms with Crippen LogP contribution in [0.1, 0.15) is 5.56 Å². The summed E-state index contributed by atoms with van der Waals surface area (Å²) in [6.07, 6.45) is -0.537. The van der Waals surface area contributed by atoms with Crippen molar-refractivity contribution in [3.8, 4) is 5.75 Å². The summed E-state index contributed by atoms with van der Waals surface area (Å²) < 4.78 is 19.1. The number of aliphatic hydroxyl groups excluding tert-OH is 1. The second-order valence-corrected chi connectivity index (χ2v) is 5.38. The van der Waals surface area contributed by atoms with Crippen molar-refractivity contribution >= 4 is 17.3 Å². The molecule has 3 rings (SSSR count). The molecular weight excluding hydrogens is 299 g/mol. The largest absolute Gasteiger partial charge is 0.478 e. The molecule has 2 aromatic rings. The van der Waals surface area contributed by atoms with Crippen LogP contribution in [-0.4, -0.2) is 30.3 Å². The number of rotatable bonds is 4. The summed E-state index contributed by atoms with van der Waals surface area (Å²) in [6, 6.07) is 11.1. The van der Waals surface area contributed by atoms with Gasteiger partial charge in [-0.1, -0.05) is 12.1 Å². The third kappa shape index (κ3) is 3.12. The summed E-state index contributed by atoms with van der Waals surface area (Å²) in [5.41, 5.74) is 7.54. The lowest BCUT2D eigenvalue weighted by atomic mass is 10.0. The Labute approximate surface area is 133 Å². The minimum Gasteiger partial charge on any atom is -0.478 e. The number of benzene rings is 2. The fourth-order valence-electron chi connectivity index (χ4n) is 2.68. The third-order valence-electron chi connectivity index (χ3n) is 3.72. The van der Waals surface area contributed by atoms with Gasteiger partial charge in [0.2, 0.25) is 0 Å². The molecule has 23 heavy (non-hydrogen) atoms. The number of ether oxygens (including phenoxy) is 1. The number of hydrogen-bond donors (Lipinski definition) is 2. The number of amides is 1. The number of anilines is 2. The first-order chi connectivity index (χ1) is 11.1. The number of nitrogen functional groups attached to an aromatic ring is 1. The van der Waals surface area contributed by atoms with Crippen LogP contribution < -0.4 is 15.4 Å². The van der Waals surface area contributed by atoms with Gasteiger partial charge in [-0.2, -0.15) is 0 Å². The normalized spacial score (nSPS) is 16.9. The number of carbonyl (C=O) groups is 1. The van der Waals surface area contributed by atoms with Gasteiger partial charge in [-0.3, -0.25) is 4.79 Å². The molecule has 0 fully saturated rings. The van der Waals surface area contributed by atoms with Crippen LogP contribution in [0.25, 0.3) is 0 Å². The van der Waals surface area contributed by atoms with Crippen LogP contribution in [0.15, 0.2) is 42.5 Å². The van der Waals surface area contributed by atoms with Crippen molar-refractivity contribution in [2.45, 2.75) is 12.5 Å². The van der Waals surface area contributed by atoms with Crippen LogP contribution >= 0.6 is 0 Å². The van der Waals surface area contributed by atoms with Crippen molar-refractivity contribution < 1.29 is 19.0 Å². The van der Waals surface area contributed by atoms with E-state index in [2.05, 4.69) is 0 Å². The number of nitrogens with two attached hydrogens (primary N) is 1. The van der Waals surface area contributed by atoms with Gasteiger partial charge in [-0.05, 0) is 29.8 Å². The van der Waals surface area contributed by atoms with E-state index in [1.807, 2.05) is 0 Å². The number of hydrogen-bond acceptors (Lipinski definition) is 4. The van der Waals surface area contributed by atoms with Gasteiger partial charge in [-0.15, -0.1) is 0 Å². The second-order valence-electron chi connectivity index (χ2n) is 5.38. The van der Waals surface area contributed by atoms with Crippen LogP contribution in [0.5, 0.6) is 5.75 Å². The number of carbonyl (C=O) groups excluding carboxylic acids is 1. The molecule has 1 aliphatic rings. The smallest absolute Gasteiger partial charge is 0.268 e. The Hall–Kier alpha value is -2.60. The molecule has 0 aliphatic carbocycles. The number of fused-ring (bicyclic) bond motifs is 1. The molecule has 0 spiro atoms. The average molecular weight is 316 g/mol. The molecule has 5 nitrogen and oxygen atoms in total. The maximum atomic E-state index is 13.3. The zero-order valence-electron chi connectivity index (χ0n) is 12.4. The number of aliphatic hydroxyl groups is 1. The van der Waals surface area contributed by atoms with Crippen molar-refractivity contribution in [3.05, 3.63) is 53.8 Å². The summed E-state index contributed by atoms with van der Waals surface area (Å²) in [5.74, 6) is -0.136. The highest BCUT2D eigenvalue weighted by Gasteiger charge is 2.34. The molecule has 1 heterocycles. The topological polar surface area (TPSA) is 75.8 Å². The Balaban J connectivity index is 1.91. The lowest BCUT2D eigenvalue weighted by molar-refractivity contribution is -0.126. The molecule has 0 saturated carbocycles. The van der Waals surface area contributed by atoms with E-state index < -0.39 is 6.10 Å². The van der Waals surface area contributed by atoms with E-state index in [1.54, 1.807) is 30.3 Å². The average Bonchev–Trinajstić information content (AvgIpc) is 2.51. The van der Waals surface area contributed by atoms with E-state index in [1.165, 1.54) is 17.0 Å². The van der Waals surface area contributed by atoms with Gasteiger partial charge in [0.05, 0.1) is 12.3 Å². The molecule has 0 aromatic heterocycles. The van der Waals surface area contributed by atoms with Gasteiger partial charge in [0.1, 0.15) is 11.6 Å². The molecule has 1 unspecified atom stereocenters. The van der Waals surface area contributed by atoms with Crippen molar-refractivity contribution in [1.29, 1.82) is 0 Å². The number of β-amino-alcohol motifs (C(OH)–C–C–N with tert-alkyl or cyclic N) is 1. The fraction of sp³-hybridized carbons (Fsp3) is 0.235. The predicted octanol–water partition coefficient (Wildman–Crippen LogP) is 1.74. The molecule has 0 bridgehead atoms. The molecule has 0 saturated heterocycles. The molecular formula is C17H17FN2O3. The van der Waals surface area contributed by atoms with Gasteiger partial charge in [0.15, 0.2) is 6.10 Å². The highest BCUT2D eigenvalue weighted by molar-refractivity contribution is 6.00. The van der Waals surface area contributed by atoms with Crippen molar-refractivity contribution in [2.75, 3.05) is 23.8 Å². The van der Waals surface area contributed by atoms with E-state index >= 15 is 0 Å². The Morgan fingerprint density at radius 3 is 2.83 bits per heavy atom. The van der Waals surface area contributed by atoms with E-state index in [0.29, 0.717) is 22.7 Å². The zero-order chi connectivity index (χ0) is 16.4. The maximum absolute atomic E-state index is 13.3. The Morgan fingerprint density at radius 1 is 1.26 bits per heavy atom. The van der Waals surface area contributed by atoms with Gasteiger partial charge < -0.3 is 20.5 Å². The Bertz CT molecular complexity index is 736. The first kappa shape index (κ1) is 15.3. The Morgan fingerprint density at radius 2 is 2.09 bits per heavy atom. The van der Waals surface area contributed by atoms with Crippen molar-refractivity contribution in [3.63, 3.8) is 0 Å². The molecule has 2 aromatic carbocycles. The summed E-state index contributed by atoms with van der Waals surface area (Å²) >= 11 is 0. The monoisotopic (exact) mass is 316 g/mol. The lowest BCUT2D eigenvalue weighted by Crippen LogP contribution is -2.48. The highest BCUT2D eigenvalue weighted by atomic mass is 19.1. The van der Waals surface area contributed by atoms with Crippen LogP contribution in [-0.2, 0) is 11.2 Å². The molecule has 120 valence electrons. The van der Waals surface area contributed by atoms with Gasteiger partial charge in [-0.25, -0.2) is 4.39 Å². The summed E-state index contributed by atoms with van der Waals surface area (Å²) in [6.45, 7) is 0.000996. The maximum Gasteiger partial charge on any atom is 0.268 e. The van der Waals surface area contributed by atoms with Crippen LogP contribution in [0, 0.1) is 5.82 Å². The van der Waals surface area contributed by atoms with Crippen molar-refractivity contribution in [1.82, 2.24) is 0 Å². The summed E-state index contributed by atoms with van der Waals surface area (Å²) in [7, 11) is 0. The van der Waals surface area contributed by atoms with E-state index in [0.717, 1.165) is 0 Å². The van der Waals surface area contributed by atoms with Gasteiger partial charge in [0, 0.05) is 24.7 Å². The summed E-state index contributed by atoms with van der Waals surface area (Å²) in [4.78, 5) is 14.1. The lowest BCUT2D eigenvalue weighted by Gasteiger charge is -2.34. The zero-order valence-corrected chi connectivity index (χ0v) is 12.4. The standard InChI is InChI=1S/C17H17FN2O3/c18-12-3-1-2-11(8-12)9-16-17(22)20(6-7-21)14-5-4-13(19)10-15(14)23-16/h1-5,8,10,16,21H,6-7,9,19H2. The Kier molecular flexibility index (Phi) is 4.16. The molecule has 6 heteroatoms. The van der Waals surface area contributed by atoms with Crippen LogP contribution in [0.2, 0.25) is 0 Å². The molecule has 0 radical (unpaired) electrons. The van der Waals surface area contributed by atoms with Crippen LogP contribution in [0.3, 0.4) is 0 Å². The van der Waals surface area contributed by atoms with E-state index in [-0.39, 0.29) is 31.3 Å². The van der Waals surface area contributed by atoms with Crippen molar-refractivity contribution in [2.24, 2.45) is 0 Å². The number of halogens is 1. The predicted molar refractivity (Wildman–Crippen MR) is 84.8 cm³/mol. The quantitative estimate of drug-likeness (QED) is 0.843. The third-order valence-corrected chi connectivity index (χ3v) is 3.72. The minimum atomic E-state index is -0.780. The molecule has 1 amide bonds.